The largest absolute Gasteiger partial charge is 0.481 e. The van der Waals surface area contributed by atoms with Crippen LogP contribution in [-0.4, -0.2) is 25.4 Å². The minimum absolute atomic E-state index is 0.0455. The van der Waals surface area contributed by atoms with Crippen LogP contribution in [0.5, 0.6) is 0 Å². The highest BCUT2D eigenvalue weighted by Crippen LogP contribution is 2.35. The molecule has 0 fully saturated rings. The van der Waals surface area contributed by atoms with Crippen molar-refractivity contribution in [2.24, 2.45) is 10.9 Å². The number of carbonyl (C=O) groups excluding carboxylic acids is 1. The van der Waals surface area contributed by atoms with Crippen LogP contribution in [0.2, 0.25) is 0 Å². The van der Waals surface area contributed by atoms with Crippen LogP contribution in [0.3, 0.4) is 0 Å². The summed E-state index contributed by atoms with van der Waals surface area (Å²) in [6.45, 7) is 0. The highest BCUT2D eigenvalue weighted by molar-refractivity contribution is 7.89. The zero-order valence-corrected chi connectivity index (χ0v) is 16.3. The lowest BCUT2D eigenvalue weighted by Gasteiger charge is -2.19. The lowest BCUT2D eigenvalue weighted by atomic mass is 9.86. The monoisotopic (exact) mass is 415 g/mol. The van der Waals surface area contributed by atoms with Gasteiger partial charge in [-0.2, -0.15) is 0 Å². The Balaban J connectivity index is 2.64. The molecule has 29 heavy (non-hydrogen) atoms. The van der Waals surface area contributed by atoms with Crippen LogP contribution in [0, 0.1) is 12.3 Å². The molecule has 0 heterocycles. The van der Waals surface area contributed by atoms with Crippen LogP contribution in [0.15, 0.2) is 41.3 Å². The third kappa shape index (κ3) is 5.34. The Labute approximate surface area is 168 Å². The van der Waals surface area contributed by atoms with Crippen molar-refractivity contribution in [3.63, 3.8) is 0 Å². The predicted molar refractivity (Wildman–Crippen MR) is 109 cm³/mol. The van der Waals surface area contributed by atoms with Gasteiger partial charge in [0.2, 0.25) is 10.0 Å². The van der Waals surface area contributed by atoms with Gasteiger partial charge in [-0.25, -0.2) is 13.6 Å². The number of nitrogens with two attached hydrogens (primary N) is 3. The molecule has 2 rings (SSSR count). The second-order valence-electron chi connectivity index (χ2n) is 6.50. The van der Waals surface area contributed by atoms with Crippen molar-refractivity contribution in [1.29, 1.82) is 0 Å². The van der Waals surface area contributed by atoms with Crippen LogP contribution in [0.4, 0.5) is 5.69 Å². The van der Waals surface area contributed by atoms with E-state index in [4.69, 9.17) is 23.0 Å². The number of nitrogen functional groups attached to an aromatic ring is 1. The van der Waals surface area contributed by atoms with E-state index >= 15 is 0 Å². The quantitative estimate of drug-likeness (QED) is 0.378. The summed E-state index contributed by atoms with van der Waals surface area (Å²) in [6, 6.07) is 8.75. The maximum atomic E-state index is 11.9. The van der Waals surface area contributed by atoms with Crippen molar-refractivity contribution in [3.8, 4) is 23.5 Å². The van der Waals surface area contributed by atoms with Crippen LogP contribution in [-0.2, 0) is 14.8 Å². The van der Waals surface area contributed by atoms with Gasteiger partial charge in [0.25, 0.3) is 5.91 Å². The number of aliphatic carboxylic acids is 1. The molecule has 152 valence electrons. The third-order valence-electron chi connectivity index (χ3n) is 4.49. The Morgan fingerprint density at radius 1 is 1.17 bits per heavy atom. The summed E-state index contributed by atoms with van der Waals surface area (Å²) in [5.74, 6) is 0.248. The Bertz CT molecular complexity index is 1090. The first-order chi connectivity index (χ1) is 13.5. The molecular formula is C20H21N3O5S. The van der Waals surface area contributed by atoms with E-state index in [2.05, 4.69) is 5.92 Å². The average Bonchev–Trinajstić information content (AvgIpc) is 2.64. The number of amides is 1. The maximum absolute atomic E-state index is 11.9. The molecule has 9 heteroatoms. The molecule has 0 spiro atoms. The Kier molecular flexibility index (Phi) is 6.64. The second kappa shape index (κ2) is 8.77. The molecule has 0 saturated carbocycles. The fourth-order valence-electron chi connectivity index (χ4n) is 3.03. The molecule has 1 atom stereocenters. The molecule has 1 amide bonds. The van der Waals surface area contributed by atoms with E-state index in [1.165, 1.54) is 30.3 Å². The molecule has 2 aromatic rings. The van der Waals surface area contributed by atoms with E-state index in [9.17, 15) is 23.1 Å². The number of hydrogen-bond donors (Lipinski definition) is 4. The highest BCUT2D eigenvalue weighted by Gasteiger charge is 2.21. The fraction of sp³-hybridized carbons (Fsp3) is 0.200. The normalized spacial score (nSPS) is 12.1. The predicted octanol–water partition coefficient (Wildman–Crippen LogP) is 1.65. The first kappa shape index (κ1) is 21.9. The van der Waals surface area contributed by atoms with Crippen molar-refractivity contribution in [3.05, 3.63) is 47.5 Å². The molecule has 0 radical (unpaired) electrons. The Hall–Kier alpha value is -3.35. The Morgan fingerprint density at radius 3 is 2.28 bits per heavy atom. The fourth-order valence-corrected chi connectivity index (χ4v) is 3.55. The lowest BCUT2D eigenvalue weighted by molar-refractivity contribution is -0.137. The molecular weight excluding hydrogens is 394 g/mol. The standard InChI is InChI=1S/C20H21N3O5S/c1-2-3-4-13(11-18(24)25)14-9-16(19(21)17(10-14)20(22)26)12-5-7-15(8-6-12)29(23,27)28/h1,5-10,13H,3-4,11,21H2,(H2,22,26)(H,24,25)(H2,23,27,28). The number of carbonyl (C=O) groups is 2. The van der Waals surface area contributed by atoms with Gasteiger partial charge in [0.1, 0.15) is 0 Å². The number of hydrogen-bond acceptors (Lipinski definition) is 5. The van der Waals surface area contributed by atoms with Gasteiger partial charge in [-0.05, 0) is 47.7 Å². The van der Waals surface area contributed by atoms with E-state index in [0.717, 1.165) is 0 Å². The van der Waals surface area contributed by atoms with Crippen molar-refractivity contribution >= 4 is 27.6 Å². The summed E-state index contributed by atoms with van der Waals surface area (Å²) in [6.07, 6.45) is 5.87. The number of carboxylic acid groups (broad SMARTS) is 1. The van der Waals surface area contributed by atoms with E-state index in [1.54, 1.807) is 6.07 Å². The van der Waals surface area contributed by atoms with Gasteiger partial charge in [0.05, 0.1) is 22.6 Å². The van der Waals surface area contributed by atoms with E-state index in [1.807, 2.05) is 0 Å². The Morgan fingerprint density at radius 2 is 1.79 bits per heavy atom. The lowest BCUT2D eigenvalue weighted by Crippen LogP contribution is -2.16. The number of carboxylic acids is 1. The minimum Gasteiger partial charge on any atom is -0.481 e. The highest BCUT2D eigenvalue weighted by atomic mass is 32.2. The van der Waals surface area contributed by atoms with Crippen LogP contribution >= 0.6 is 0 Å². The van der Waals surface area contributed by atoms with Crippen LogP contribution in [0.1, 0.15) is 41.1 Å². The number of primary sulfonamides is 1. The molecule has 0 aromatic heterocycles. The van der Waals surface area contributed by atoms with Gasteiger partial charge >= 0.3 is 5.97 Å². The molecule has 8 nitrogen and oxygen atoms in total. The zero-order chi connectivity index (χ0) is 21.8. The molecule has 1 unspecified atom stereocenters. The minimum atomic E-state index is -3.87. The van der Waals surface area contributed by atoms with Gasteiger partial charge in [0.15, 0.2) is 0 Å². The first-order valence-electron chi connectivity index (χ1n) is 8.56. The summed E-state index contributed by atoms with van der Waals surface area (Å²) in [5.41, 5.74) is 13.2. The summed E-state index contributed by atoms with van der Waals surface area (Å²) in [4.78, 5) is 23.1. The van der Waals surface area contributed by atoms with Gasteiger partial charge < -0.3 is 16.6 Å². The summed E-state index contributed by atoms with van der Waals surface area (Å²) in [5, 5.41) is 14.3. The van der Waals surface area contributed by atoms with Crippen molar-refractivity contribution in [2.45, 2.75) is 30.1 Å². The maximum Gasteiger partial charge on any atom is 0.303 e. The molecule has 0 bridgehead atoms. The third-order valence-corrected chi connectivity index (χ3v) is 5.42. The summed E-state index contributed by atoms with van der Waals surface area (Å²) < 4.78 is 22.9. The van der Waals surface area contributed by atoms with Crippen molar-refractivity contribution < 1.29 is 23.1 Å². The molecule has 0 aliphatic rings. The van der Waals surface area contributed by atoms with E-state index < -0.39 is 27.8 Å². The molecule has 0 aliphatic carbocycles. The van der Waals surface area contributed by atoms with Crippen molar-refractivity contribution in [1.82, 2.24) is 0 Å². The number of primary amides is 1. The topological polar surface area (TPSA) is 167 Å². The zero-order valence-electron chi connectivity index (χ0n) is 15.5. The van der Waals surface area contributed by atoms with Gasteiger partial charge in [-0.15, -0.1) is 12.3 Å². The number of anilines is 1. The number of benzene rings is 2. The molecule has 0 aliphatic heterocycles. The summed E-state index contributed by atoms with van der Waals surface area (Å²) in [7, 11) is -3.87. The van der Waals surface area contributed by atoms with Crippen LogP contribution < -0.4 is 16.6 Å². The first-order valence-corrected chi connectivity index (χ1v) is 10.1. The SMILES string of the molecule is C#CCCC(CC(=O)O)c1cc(C(N)=O)c(N)c(-c2ccc(S(N)(=O)=O)cc2)c1. The van der Waals surface area contributed by atoms with Crippen molar-refractivity contribution in [2.75, 3.05) is 5.73 Å². The molecule has 0 saturated heterocycles. The molecule has 7 N–H and O–H groups in total. The van der Waals surface area contributed by atoms with Gasteiger partial charge in [0, 0.05) is 12.0 Å². The summed E-state index contributed by atoms with van der Waals surface area (Å²) >= 11 is 0. The number of rotatable bonds is 8. The van der Waals surface area contributed by atoms with Gasteiger partial charge in [-0.3, -0.25) is 9.59 Å². The number of terminal acetylenes is 1. The van der Waals surface area contributed by atoms with E-state index in [0.29, 0.717) is 29.5 Å². The van der Waals surface area contributed by atoms with E-state index in [-0.39, 0.29) is 22.6 Å². The smallest absolute Gasteiger partial charge is 0.303 e. The second-order valence-corrected chi connectivity index (χ2v) is 8.06. The van der Waals surface area contributed by atoms with Gasteiger partial charge in [-0.1, -0.05) is 12.1 Å². The van der Waals surface area contributed by atoms with Crippen LogP contribution in [0.25, 0.3) is 11.1 Å². The number of sulfonamides is 1. The average molecular weight is 415 g/mol. The molecule has 2 aromatic carbocycles.